The molecule has 1 heterocycles. The average molecular weight is 294 g/mol. The summed E-state index contributed by atoms with van der Waals surface area (Å²) in [5, 5.41) is 2.96. The number of benzene rings is 2. The topological polar surface area (TPSA) is 32.3 Å². The molecular formula is C19H22N2O. The van der Waals surface area contributed by atoms with Gasteiger partial charge in [-0.15, -0.1) is 0 Å². The lowest BCUT2D eigenvalue weighted by molar-refractivity contribution is -0.117. The van der Waals surface area contributed by atoms with Crippen molar-refractivity contribution >= 4 is 11.6 Å². The van der Waals surface area contributed by atoms with Crippen LogP contribution in [-0.4, -0.2) is 17.4 Å². The van der Waals surface area contributed by atoms with E-state index in [1.165, 1.54) is 27.8 Å². The third-order valence-corrected chi connectivity index (χ3v) is 4.31. The van der Waals surface area contributed by atoms with E-state index in [1.807, 2.05) is 31.2 Å². The average Bonchev–Trinajstić information content (AvgIpc) is 2.83. The molecular weight excluding hydrogens is 272 g/mol. The van der Waals surface area contributed by atoms with Crippen LogP contribution in [0.4, 0.5) is 5.69 Å². The van der Waals surface area contributed by atoms with Gasteiger partial charge in [0.25, 0.3) is 0 Å². The van der Waals surface area contributed by atoms with Crippen LogP contribution in [0.15, 0.2) is 36.4 Å². The molecule has 0 fully saturated rings. The number of rotatable bonds is 3. The number of anilines is 1. The van der Waals surface area contributed by atoms with E-state index >= 15 is 0 Å². The van der Waals surface area contributed by atoms with Gasteiger partial charge in [0.05, 0.1) is 6.54 Å². The number of hydrogen-bond acceptors (Lipinski definition) is 2. The standard InChI is InChI=1S/C19H22N2O/c1-13-4-6-18(7-5-13)20-19(22)12-21-10-16-8-14(2)15(3)9-17(16)11-21/h4-9H,10-12H2,1-3H3,(H,20,22). The van der Waals surface area contributed by atoms with Crippen LogP contribution in [0, 0.1) is 20.8 Å². The molecule has 0 unspecified atom stereocenters. The fourth-order valence-corrected chi connectivity index (χ4v) is 2.92. The molecule has 0 bridgehead atoms. The second-order valence-corrected chi connectivity index (χ2v) is 6.26. The predicted molar refractivity (Wildman–Crippen MR) is 89.8 cm³/mol. The number of hydrogen-bond donors (Lipinski definition) is 1. The highest BCUT2D eigenvalue weighted by atomic mass is 16.2. The molecule has 1 N–H and O–H groups in total. The quantitative estimate of drug-likeness (QED) is 0.938. The van der Waals surface area contributed by atoms with Gasteiger partial charge in [0.1, 0.15) is 0 Å². The van der Waals surface area contributed by atoms with E-state index in [0.717, 1.165) is 18.8 Å². The zero-order valence-corrected chi connectivity index (χ0v) is 13.4. The summed E-state index contributed by atoms with van der Waals surface area (Å²) in [4.78, 5) is 14.4. The first-order valence-electron chi connectivity index (χ1n) is 7.69. The summed E-state index contributed by atoms with van der Waals surface area (Å²) >= 11 is 0. The minimum absolute atomic E-state index is 0.0464. The lowest BCUT2D eigenvalue weighted by atomic mass is 10.0. The Morgan fingerprint density at radius 3 is 2.09 bits per heavy atom. The van der Waals surface area contributed by atoms with Gasteiger partial charge in [-0.2, -0.15) is 0 Å². The van der Waals surface area contributed by atoms with E-state index in [2.05, 4.69) is 36.2 Å². The van der Waals surface area contributed by atoms with Crippen molar-refractivity contribution in [2.24, 2.45) is 0 Å². The number of amides is 1. The van der Waals surface area contributed by atoms with Crippen LogP contribution in [0.1, 0.15) is 27.8 Å². The van der Waals surface area contributed by atoms with E-state index in [1.54, 1.807) is 0 Å². The van der Waals surface area contributed by atoms with Gasteiger partial charge < -0.3 is 5.32 Å². The third-order valence-electron chi connectivity index (χ3n) is 4.31. The molecule has 1 amide bonds. The van der Waals surface area contributed by atoms with Crippen molar-refractivity contribution in [3.63, 3.8) is 0 Å². The van der Waals surface area contributed by atoms with Crippen molar-refractivity contribution in [2.45, 2.75) is 33.9 Å². The monoisotopic (exact) mass is 294 g/mol. The largest absolute Gasteiger partial charge is 0.325 e. The number of nitrogens with zero attached hydrogens (tertiary/aromatic N) is 1. The maximum absolute atomic E-state index is 12.2. The summed E-state index contributed by atoms with van der Waals surface area (Å²) in [6.45, 7) is 8.47. The van der Waals surface area contributed by atoms with E-state index in [0.29, 0.717) is 6.54 Å². The number of carbonyl (C=O) groups excluding carboxylic acids is 1. The van der Waals surface area contributed by atoms with Gasteiger partial charge >= 0.3 is 0 Å². The first-order chi connectivity index (χ1) is 10.5. The van der Waals surface area contributed by atoms with E-state index in [-0.39, 0.29) is 5.91 Å². The summed E-state index contributed by atoms with van der Waals surface area (Å²) < 4.78 is 0. The lowest BCUT2D eigenvalue weighted by Crippen LogP contribution is -2.29. The highest BCUT2D eigenvalue weighted by molar-refractivity contribution is 5.92. The van der Waals surface area contributed by atoms with Crippen molar-refractivity contribution < 1.29 is 4.79 Å². The van der Waals surface area contributed by atoms with E-state index in [4.69, 9.17) is 0 Å². The number of nitrogens with one attached hydrogen (secondary N) is 1. The summed E-state index contributed by atoms with van der Waals surface area (Å²) in [6, 6.07) is 12.4. The van der Waals surface area contributed by atoms with Gasteiger partial charge in [0, 0.05) is 18.8 Å². The van der Waals surface area contributed by atoms with Gasteiger partial charge in [-0.3, -0.25) is 9.69 Å². The van der Waals surface area contributed by atoms with Crippen molar-refractivity contribution in [1.82, 2.24) is 4.90 Å². The Morgan fingerprint density at radius 1 is 1.00 bits per heavy atom. The molecule has 114 valence electrons. The van der Waals surface area contributed by atoms with Crippen LogP contribution >= 0.6 is 0 Å². The molecule has 2 aromatic rings. The number of fused-ring (bicyclic) bond motifs is 1. The fraction of sp³-hybridized carbons (Fsp3) is 0.316. The Labute approximate surface area is 132 Å². The van der Waals surface area contributed by atoms with Crippen LogP contribution in [0.3, 0.4) is 0 Å². The van der Waals surface area contributed by atoms with Gasteiger partial charge in [-0.25, -0.2) is 0 Å². The summed E-state index contributed by atoms with van der Waals surface area (Å²) in [7, 11) is 0. The maximum atomic E-state index is 12.2. The first kappa shape index (κ1) is 14.8. The molecule has 0 saturated carbocycles. The van der Waals surface area contributed by atoms with Crippen molar-refractivity contribution in [1.29, 1.82) is 0 Å². The molecule has 1 aliphatic rings. The molecule has 0 aromatic heterocycles. The van der Waals surface area contributed by atoms with Crippen molar-refractivity contribution in [2.75, 3.05) is 11.9 Å². The Balaban J connectivity index is 1.60. The van der Waals surface area contributed by atoms with Crippen LogP contribution < -0.4 is 5.32 Å². The number of aryl methyl sites for hydroxylation is 3. The van der Waals surface area contributed by atoms with Gasteiger partial charge in [-0.05, 0) is 55.2 Å². The third kappa shape index (κ3) is 3.20. The van der Waals surface area contributed by atoms with Gasteiger partial charge in [0.2, 0.25) is 5.91 Å². The Kier molecular flexibility index (Phi) is 3.99. The Morgan fingerprint density at radius 2 is 1.55 bits per heavy atom. The molecule has 0 radical (unpaired) electrons. The van der Waals surface area contributed by atoms with Gasteiger partial charge in [-0.1, -0.05) is 29.8 Å². The van der Waals surface area contributed by atoms with Crippen LogP contribution in [0.25, 0.3) is 0 Å². The Bertz CT molecular complexity index is 673. The molecule has 3 rings (SSSR count). The van der Waals surface area contributed by atoms with Crippen molar-refractivity contribution in [3.05, 3.63) is 64.2 Å². The molecule has 0 saturated heterocycles. The van der Waals surface area contributed by atoms with E-state index < -0.39 is 0 Å². The molecule has 0 aliphatic carbocycles. The predicted octanol–water partition coefficient (Wildman–Crippen LogP) is 3.57. The highest BCUT2D eigenvalue weighted by Crippen LogP contribution is 2.25. The van der Waals surface area contributed by atoms with Crippen LogP contribution in [0.5, 0.6) is 0 Å². The molecule has 1 aliphatic heterocycles. The second-order valence-electron chi connectivity index (χ2n) is 6.26. The highest BCUT2D eigenvalue weighted by Gasteiger charge is 2.21. The normalized spacial score (nSPS) is 14.0. The summed E-state index contributed by atoms with van der Waals surface area (Å²) in [5.74, 6) is 0.0464. The molecule has 0 spiro atoms. The van der Waals surface area contributed by atoms with E-state index in [9.17, 15) is 4.79 Å². The minimum atomic E-state index is 0.0464. The second kappa shape index (κ2) is 5.93. The van der Waals surface area contributed by atoms with Crippen LogP contribution in [-0.2, 0) is 17.9 Å². The summed E-state index contributed by atoms with van der Waals surface area (Å²) in [6.07, 6.45) is 0. The smallest absolute Gasteiger partial charge is 0.238 e. The fourth-order valence-electron chi connectivity index (χ4n) is 2.92. The van der Waals surface area contributed by atoms with Gasteiger partial charge in [0.15, 0.2) is 0 Å². The molecule has 3 nitrogen and oxygen atoms in total. The number of carbonyl (C=O) groups is 1. The lowest BCUT2D eigenvalue weighted by Gasteiger charge is -2.14. The minimum Gasteiger partial charge on any atom is -0.325 e. The molecule has 2 aromatic carbocycles. The molecule has 0 atom stereocenters. The maximum Gasteiger partial charge on any atom is 0.238 e. The summed E-state index contributed by atoms with van der Waals surface area (Å²) in [5.41, 5.74) is 7.41. The zero-order chi connectivity index (χ0) is 15.7. The van der Waals surface area contributed by atoms with Crippen LogP contribution in [0.2, 0.25) is 0 Å². The molecule has 22 heavy (non-hydrogen) atoms. The SMILES string of the molecule is Cc1ccc(NC(=O)CN2Cc3cc(C)c(C)cc3C2)cc1. The zero-order valence-electron chi connectivity index (χ0n) is 13.4. The van der Waals surface area contributed by atoms with Crippen molar-refractivity contribution in [3.8, 4) is 0 Å². The first-order valence-corrected chi connectivity index (χ1v) is 7.69. The molecule has 3 heteroatoms. The Hall–Kier alpha value is -2.13.